The fourth-order valence-corrected chi connectivity index (χ4v) is 3.14. The lowest BCUT2D eigenvalue weighted by Crippen LogP contribution is -2.50. The first-order valence-electron chi connectivity index (χ1n) is 7.33. The first kappa shape index (κ1) is 15.5. The lowest BCUT2D eigenvalue weighted by molar-refractivity contribution is -0.140. The van der Waals surface area contributed by atoms with Crippen LogP contribution in [0.4, 0.5) is 0 Å². The molecule has 0 heterocycles. The van der Waals surface area contributed by atoms with Crippen molar-refractivity contribution in [3.05, 3.63) is 0 Å². The van der Waals surface area contributed by atoms with Crippen LogP contribution < -0.4 is 0 Å². The molecule has 1 aliphatic carbocycles. The summed E-state index contributed by atoms with van der Waals surface area (Å²) in [5.74, 6) is 0.142. The van der Waals surface area contributed by atoms with Crippen molar-refractivity contribution in [1.29, 1.82) is 0 Å². The average Bonchev–Trinajstić information content (AvgIpc) is 2.49. The summed E-state index contributed by atoms with van der Waals surface area (Å²) < 4.78 is 0. The Morgan fingerprint density at radius 3 is 2.39 bits per heavy atom. The van der Waals surface area contributed by atoms with E-state index in [1.54, 1.807) is 0 Å². The Labute approximate surface area is 112 Å². The molecule has 0 radical (unpaired) electrons. The van der Waals surface area contributed by atoms with Crippen molar-refractivity contribution in [1.82, 2.24) is 4.90 Å². The minimum Gasteiger partial charge on any atom is -0.480 e. The average molecular weight is 255 g/mol. The summed E-state index contributed by atoms with van der Waals surface area (Å²) in [6, 6.07) is 0.442. The Hall–Kier alpha value is -0.570. The highest BCUT2D eigenvalue weighted by Crippen LogP contribution is 2.31. The summed E-state index contributed by atoms with van der Waals surface area (Å²) in [7, 11) is 0. The van der Waals surface area contributed by atoms with E-state index in [0.717, 1.165) is 18.8 Å². The van der Waals surface area contributed by atoms with Crippen molar-refractivity contribution in [2.75, 3.05) is 6.54 Å². The lowest BCUT2D eigenvalue weighted by atomic mass is 9.96. The van der Waals surface area contributed by atoms with E-state index in [-0.39, 0.29) is 12.1 Å². The van der Waals surface area contributed by atoms with E-state index < -0.39 is 5.97 Å². The van der Waals surface area contributed by atoms with Crippen molar-refractivity contribution < 1.29 is 9.90 Å². The van der Waals surface area contributed by atoms with Crippen LogP contribution in [0, 0.1) is 5.92 Å². The van der Waals surface area contributed by atoms with Crippen LogP contribution in [0.25, 0.3) is 0 Å². The van der Waals surface area contributed by atoms with E-state index in [1.165, 1.54) is 25.7 Å². The molecule has 18 heavy (non-hydrogen) atoms. The van der Waals surface area contributed by atoms with Crippen LogP contribution in [-0.2, 0) is 4.79 Å². The predicted molar refractivity (Wildman–Crippen MR) is 74.7 cm³/mol. The molecule has 0 spiro atoms. The van der Waals surface area contributed by atoms with Gasteiger partial charge < -0.3 is 5.11 Å². The summed E-state index contributed by atoms with van der Waals surface area (Å²) >= 11 is 0. The topological polar surface area (TPSA) is 40.5 Å². The second-order valence-electron chi connectivity index (χ2n) is 6.63. The number of aliphatic carboxylic acids is 1. The van der Waals surface area contributed by atoms with Crippen LogP contribution in [0.1, 0.15) is 66.2 Å². The van der Waals surface area contributed by atoms with Gasteiger partial charge in [0.05, 0.1) is 6.54 Å². The fourth-order valence-electron chi connectivity index (χ4n) is 3.14. The van der Waals surface area contributed by atoms with Gasteiger partial charge in [0.2, 0.25) is 0 Å². The summed E-state index contributed by atoms with van der Waals surface area (Å²) in [6.07, 6.45) is 7.39. The van der Waals surface area contributed by atoms with Crippen LogP contribution in [-0.4, -0.2) is 34.1 Å². The zero-order valence-electron chi connectivity index (χ0n) is 12.4. The molecule has 3 nitrogen and oxygen atoms in total. The molecule has 3 heteroatoms. The van der Waals surface area contributed by atoms with E-state index in [2.05, 4.69) is 32.6 Å². The minimum atomic E-state index is -0.707. The van der Waals surface area contributed by atoms with Crippen molar-refractivity contribution in [3.8, 4) is 0 Å². The monoisotopic (exact) mass is 255 g/mol. The van der Waals surface area contributed by atoms with E-state index >= 15 is 0 Å². The first-order valence-corrected chi connectivity index (χ1v) is 7.33. The molecule has 1 fully saturated rings. The summed E-state index contributed by atoms with van der Waals surface area (Å²) in [5, 5.41) is 9.10. The third-order valence-electron chi connectivity index (χ3n) is 4.24. The number of rotatable bonds is 4. The highest BCUT2D eigenvalue weighted by molar-refractivity contribution is 5.69. The molecule has 0 aromatic heterocycles. The normalized spacial score (nSPS) is 26.1. The number of carbonyl (C=O) groups is 1. The van der Waals surface area contributed by atoms with Gasteiger partial charge in [-0.25, -0.2) is 0 Å². The molecular weight excluding hydrogens is 226 g/mol. The van der Waals surface area contributed by atoms with Crippen LogP contribution in [0.2, 0.25) is 0 Å². The Kier molecular flexibility index (Phi) is 5.64. The van der Waals surface area contributed by atoms with E-state index in [4.69, 9.17) is 5.11 Å². The Bertz CT molecular complexity index is 270. The van der Waals surface area contributed by atoms with E-state index in [0.29, 0.717) is 6.04 Å². The summed E-state index contributed by atoms with van der Waals surface area (Å²) in [5.41, 5.74) is -0.0604. The Morgan fingerprint density at radius 2 is 1.89 bits per heavy atom. The highest BCUT2D eigenvalue weighted by Gasteiger charge is 2.31. The molecule has 1 rings (SSSR count). The highest BCUT2D eigenvalue weighted by atomic mass is 16.4. The predicted octanol–water partition coefficient (Wildman–Crippen LogP) is 3.53. The molecule has 0 amide bonds. The molecule has 0 aromatic rings. The van der Waals surface area contributed by atoms with Crippen molar-refractivity contribution in [2.45, 2.75) is 77.8 Å². The molecule has 0 aliphatic heterocycles. The maximum atomic E-state index is 11.1. The number of hydrogen-bond donors (Lipinski definition) is 1. The fraction of sp³-hybridized carbons (Fsp3) is 0.933. The van der Waals surface area contributed by atoms with Gasteiger partial charge in [0.15, 0.2) is 0 Å². The molecular formula is C15H29NO2. The smallest absolute Gasteiger partial charge is 0.317 e. The standard InChI is InChI=1S/C15H29NO2/c1-5-12-7-6-8-13(10-9-12)16(11-14(17)18)15(2,3)4/h12-13H,5-11H2,1-4H3,(H,17,18). The van der Waals surface area contributed by atoms with Crippen LogP contribution in [0.15, 0.2) is 0 Å². The van der Waals surface area contributed by atoms with Crippen LogP contribution in [0.3, 0.4) is 0 Å². The summed E-state index contributed by atoms with van der Waals surface area (Å²) in [6.45, 7) is 8.81. The van der Waals surface area contributed by atoms with Crippen molar-refractivity contribution in [3.63, 3.8) is 0 Å². The molecule has 2 unspecified atom stereocenters. The molecule has 1 saturated carbocycles. The van der Waals surface area contributed by atoms with Gasteiger partial charge in [-0.05, 0) is 46.0 Å². The minimum absolute atomic E-state index is 0.0604. The molecule has 1 N–H and O–H groups in total. The Balaban J connectivity index is 2.70. The number of carboxylic acid groups (broad SMARTS) is 1. The van der Waals surface area contributed by atoms with Gasteiger partial charge in [-0.15, -0.1) is 0 Å². The van der Waals surface area contributed by atoms with Gasteiger partial charge in [0.1, 0.15) is 0 Å². The molecule has 2 atom stereocenters. The van der Waals surface area contributed by atoms with Gasteiger partial charge in [-0.1, -0.05) is 26.2 Å². The molecule has 0 bridgehead atoms. The lowest BCUT2D eigenvalue weighted by Gasteiger charge is -2.40. The zero-order valence-corrected chi connectivity index (χ0v) is 12.4. The quantitative estimate of drug-likeness (QED) is 0.781. The number of carboxylic acids is 1. The maximum absolute atomic E-state index is 11.1. The van der Waals surface area contributed by atoms with Gasteiger partial charge in [0.25, 0.3) is 0 Å². The van der Waals surface area contributed by atoms with E-state index in [9.17, 15) is 4.79 Å². The number of hydrogen-bond acceptors (Lipinski definition) is 2. The zero-order chi connectivity index (χ0) is 13.8. The molecule has 1 aliphatic rings. The van der Waals surface area contributed by atoms with Crippen LogP contribution >= 0.6 is 0 Å². The second-order valence-corrected chi connectivity index (χ2v) is 6.63. The first-order chi connectivity index (χ1) is 8.34. The Morgan fingerprint density at radius 1 is 1.22 bits per heavy atom. The third kappa shape index (κ3) is 4.60. The summed E-state index contributed by atoms with van der Waals surface area (Å²) in [4.78, 5) is 13.3. The maximum Gasteiger partial charge on any atom is 0.317 e. The van der Waals surface area contributed by atoms with Crippen LogP contribution in [0.5, 0.6) is 0 Å². The van der Waals surface area contributed by atoms with Gasteiger partial charge in [-0.2, -0.15) is 0 Å². The molecule has 106 valence electrons. The SMILES string of the molecule is CCC1CCCC(N(CC(=O)O)C(C)(C)C)CC1. The number of nitrogens with zero attached hydrogens (tertiary/aromatic N) is 1. The van der Waals surface area contributed by atoms with Gasteiger partial charge in [0, 0.05) is 11.6 Å². The van der Waals surface area contributed by atoms with Gasteiger partial charge in [-0.3, -0.25) is 9.69 Å². The second kappa shape index (κ2) is 6.55. The van der Waals surface area contributed by atoms with E-state index in [1.807, 2.05) is 0 Å². The van der Waals surface area contributed by atoms with Crippen molar-refractivity contribution in [2.24, 2.45) is 5.92 Å². The van der Waals surface area contributed by atoms with Gasteiger partial charge >= 0.3 is 5.97 Å². The van der Waals surface area contributed by atoms with Crippen molar-refractivity contribution >= 4 is 5.97 Å². The molecule has 0 aromatic carbocycles. The largest absolute Gasteiger partial charge is 0.480 e. The third-order valence-corrected chi connectivity index (χ3v) is 4.24. The molecule has 0 saturated heterocycles.